The molecule has 0 aliphatic heterocycles. The Labute approximate surface area is 164 Å². The molecule has 1 amide bonds. The zero-order valence-corrected chi connectivity index (χ0v) is 17.3. The number of anilines is 1. The molecule has 6 nitrogen and oxygen atoms in total. The van der Waals surface area contributed by atoms with Gasteiger partial charge in [0.05, 0.1) is 29.0 Å². The van der Waals surface area contributed by atoms with E-state index in [0.717, 1.165) is 11.4 Å². The topological polar surface area (TPSA) is 73.2 Å². The van der Waals surface area contributed by atoms with Crippen LogP contribution >= 0.6 is 11.8 Å². The minimum absolute atomic E-state index is 0.146. The quantitative estimate of drug-likeness (QED) is 0.729. The zero-order valence-electron chi connectivity index (χ0n) is 16.5. The molecule has 1 aromatic carbocycles. The summed E-state index contributed by atoms with van der Waals surface area (Å²) in [5.41, 5.74) is 1.60. The second-order valence-corrected chi connectivity index (χ2v) is 8.49. The Morgan fingerprint density at radius 1 is 1.26 bits per heavy atom. The minimum Gasteiger partial charge on any atom is -0.465 e. The lowest BCUT2D eigenvalue weighted by molar-refractivity contribution is -0.139. The summed E-state index contributed by atoms with van der Waals surface area (Å²) in [6, 6.07) is 11.6. The Kier molecular flexibility index (Phi) is 7.07. The molecular weight excluding hydrogens is 362 g/mol. The zero-order chi connectivity index (χ0) is 20.0. The van der Waals surface area contributed by atoms with Gasteiger partial charge in [-0.05, 0) is 26.0 Å². The van der Waals surface area contributed by atoms with Crippen LogP contribution in [0.15, 0.2) is 36.4 Å². The number of thioether (sulfide) groups is 1. The summed E-state index contributed by atoms with van der Waals surface area (Å²) in [6.45, 7) is 10.1. The summed E-state index contributed by atoms with van der Waals surface area (Å²) in [7, 11) is 0. The highest BCUT2D eigenvalue weighted by molar-refractivity contribution is 8.01. The molecule has 0 saturated heterocycles. The number of esters is 1. The number of para-hydroxylation sites is 1. The highest BCUT2D eigenvalue weighted by atomic mass is 32.2. The number of carbonyl (C=O) groups excluding carboxylic acids is 2. The number of ether oxygens (including phenoxy) is 1. The number of nitrogens with one attached hydrogen (secondary N) is 1. The van der Waals surface area contributed by atoms with Gasteiger partial charge in [0.1, 0.15) is 5.82 Å². The fourth-order valence-electron chi connectivity index (χ4n) is 2.30. The predicted molar refractivity (Wildman–Crippen MR) is 109 cm³/mol. The molecule has 1 N–H and O–H groups in total. The van der Waals surface area contributed by atoms with Gasteiger partial charge in [0.2, 0.25) is 5.91 Å². The maximum atomic E-state index is 12.6. The number of nitrogens with zero attached hydrogens (tertiary/aromatic N) is 2. The highest BCUT2D eigenvalue weighted by Gasteiger charge is 2.23. The molecule has 2 aromatic rings. The van der Waals surface area contributed by atoms with Gasteiger partial charge >= 0.3 is 5.97 Å². The summed E-state index contributed by atoms with van der Waals surface area (Å²) in [6.07, 6.45) is 0. The van der Waals surface area contributed by atoms with E-state index in [2.05, 4.69) is 31.2 Å². The lowest BCUT2D eigenvalue weighted by Gasteiger charge is -2.14. The van der Waals surface area contributed by atoms with Crippen LogP contribution in [0.5, 0.6) is 0 Å². The molecule has 0 bridgehead atoms. The standard InChI is InChI=1S/C20H27N3O3S/c1-6-26-18(24)13-27-14(2)19(25)21-17-12-16(20(3,4)5)22-23(17)15-10-8-7-9-11-15/h7-12,14H,6,13H2,1-5H3,(H,21,25). The van der Waals surface area contributed by atoms with Gasteiger partial charge in [-0.15, -0.1) is 11.8 Å². The van der Waals surface area contributed by atoms with Crippen LogP contribution in [0.4, 0.5) is 5.82 Å². The van der Waals surface area contributed by atoms with E-state index in [1.807, 2.05) is 36.4 Å². The fourth-order valence-corrected chi connectivity index (χ4v) is 2.98. The van der Waals surface area contributed by atoms with Gasteiger partial charge in [0, 0.05) is 11.5 Å². The first-order valence-corrected chi connectivity index (χ1v) is 10.0. The lowest BCUT2D eigenvalue weighted by atomic mass is 9.92. The smallest absolute Gasteiger partial charge is 0.315 e. The Morgan fingerprint density at radius 3 is 2.52 bits per heavy atom. The number of carbonyl (C=O) groups is 2. The summed E-state index contributed by atoms with van der Waals surface area (Å²) >= 11 is 1.25. The van der Waals surface area contributed by atoms with E-state index in [9.17, 15) is 9.59 Å². The first kappa shape index (κ1) is 21.0. The molecule has 0 saturated carbocycles. The number of rotatable bonds is 7. The van der Waals surface area contributed by atoms with Gasteiger partial charge in [0.15, 0.2) is 0 Å². The Balaban J connectivity index is 2.18. The molecule has 0 aliphatic carbocycles. The van der Waals surface area contributed by atoms with Crippen LogP contribution in [-0.2, 0) is 19.7 Å². The van der Waals surface area contributed by atoms with Gasteiger partial charge in [0.25, 0.3) is 0 Å². The van der Waals surface area contributed by atoms with Crippen LogP contribution in [0.2, 0.25) is 0 Å². The summed E-state index contributed by atoms with van der Waals surface area (Å²) in [5.74, 6) is 0.265. The van der Waals surface area contributed by atoms with E-state index in [4.69, 9.17) is 4.74 Å². The van der Waals surface area contributed by atoms with Crippen LogP contribution in [0.1, 0.15) is 40.3 Å². The van der Waals surface area contributed by atoms with Crippen molar-refractivity contribution >= 4 is 29.5 Å². The van der Waals surface area contributed by atoms with E-state index in [-0.39, 0.29) is 23.0 Å². The number of benzene rings is 1. The molecule has 0 spiro atoms. The number of aromatic nitrogens is 2. The average molecular weight is 390 g/mol. The molecule has 0 radical (unpaired) electrons. The molecule has 1 aromatic heterocycles. The maximum Gasteiger partial charge on any atom is 0.315 e. The number of hydrogen-bond acceptors (Lipinski definition) is 5. The second-order valence-electron chi connectivity index (χ2n) is 7.16. The maximum absolute atomic E-state index is 12.6. The van der Waals surface area contributed by atoms with E-state index >= 15 is 0 Å². The fraction of sp³-hybridized carbons (Fsp3) is 0.450. The SMILES string of the molecule is CCOC(=O)CSC(C)C(=O)Nc1cc(C(C)(C)C)nn1-c1ccccc1. The van der Waals surface area contributed by atoms with Crippen LogP contribution in [0.3, 0.4) is 0 Å². The number of amides is 1. The Hall–Kier alpha value is -2.28. The van der Waals surface area contributed by atoms with Crippen molar-refractivity contribution in [2.24, 2.45) is 0 Å². The third-order valence-corrected chi connectivity index (χ3v) is 4.97. The summed E-state index contributed by atoms with van der Waals surface area (Å²) in [5, 5.41) is 7.23. The van der Waals surface area contributed by atoms with Crippen molar-refractivity contribution in [3.63, 3.8) is 0 Å². The molecule has 0 aliphatic rings. The molecular formula is C20H27N3O3S. The Bertz CT molecular complexity index is 782. The van der Waals surface area contributed by atoms with Crippen molar-refractivity contribution in [3.05, 3.63) is 42.1 Å². The molecule has 2 rings (SSSR count). The van der Waals surface area contributed by atoms with Crippen LogP contribution in [-0.4, -0.2) is 39.3 Å². The van der Waals surface area contributed by atoms with Crippen molar-refractivity contribution in [2.75, 3.05) is 17.7 Å². The molecule has 1 unspecified atom stereocenters. The van der Waals surface area contributed by atoms with Gasteiger partial charge in [-0.3, -0.25) is 9.59 Å². The van der Waals surface area contributed by atoms with Gasteiger partial charge in [-0.2, -0.15) is 5.10 Å². The van der Waals surface area contributed by atoms with E-state index in [1.54, 1.807) is 18.5 Å². The predicted octanol–water partition coefficient (Wildman–Crippen LogP) is 3.79. The molecule has 1 atom stereocenters. The molecule has 27 heavy (non-hydrogen) atoms. The van der Waals surface area contributed by atoms with Gasteiger partial charge < -0.3 is 10.1 Å². The van der Waals surface area contributed by atoms with Crippen LogP contribution in [0.25, 0.3) is 5.69 Å². The third-order valence-electron chi connectivity index (χ3n) is 3.86. The first-order chi connectivity index (χ1) is 12.7. The van der Waals surface area contributed by atoms with Gasteiger partial charge in [-0.25, -0.2) is 4.68 Å². The van der Waals surface area contributed by atoms with Crippen molar-refractivity contribution in [1.82, 2.24) is 9.78 Å². The summed E-state index contributed by atoms with van der Waals surface area (Å²) < 4.78 is 6.64. The van der Waals surface area contributed by atoms with Crippen molar-refractivity contribution < 1.29 is 14.3 Å². The van der Waals surface area contributed by atoms with E-state index in [0.29, 0.717) is 12.4 Å². The van der Waals surface area contributed by atoms with E-state index in [1.165, 1.54) is 11.8 Å². The summed E-state index contributed by atoms with van der Waals surface area (Å²) in [4.78, 5) is 24.1. The number of hydrogen-bond donors (Lipinski definition) is 1. The van der Waals surface area contributed by atoms with E-state index < -0.39 is 5.25 Å². The molecule has 146 valence electrons. The van der Waals surface area contributed by atoms with Gasteiger partial charge in [-0.1, -0.05) is 39.0 Å². The highest BCUT2D eigenvalue weighted by Crippen LogP contribution is 2.26. The lowest BCUT2D eigenvalue weighted by Crippen LogP contribution is -2.25. The monoisotopic (exact) mass is 389 g/mol. The van der Waals surface area contributed by atoms with Crippen LogP contribution in [0, 0.1) is 0 Å². The Morgan fingerprint density at radius 2 is 1.93 bits per heavy atom. The molecule has 0 fully saturated rings. The molecule has 7 heteroatoms. The third kappa shape index (κ3) is 5.85. The minimum atomic E-state index is -0.397. The second kappa shape index (κ2) is 9.08. The normalized spacial score (nSPS) is 12.5. The first-order valence-electron chi connectivity index (χ1n) is 8.96. The van der Waals surface area contributed by atoms with Crippen molar-refractivity contribution in [2.45, 2.75) is 45.3 Å². The average Bonchev–Trinajstić information content (AvgIpc) is 3.05. The van der Waals surface area contributed by atoms with Crippen LogP contribution < -0.4 is 5.32 Å². The van der Waals surface area contributed by atoms with Crippen molar-refractivity contribution in [1.29, 1.82) is 0 Å². The molecule has 1 heterocycles. The largest absolute Gasteiger partial charge is 0.465 e. The van der Waals surface area contributed by atoms with Crippen molar-refractivity contribution in [3.8, 4) is 5.69 Å².